The maximum atomic E-state index is 14.0. The Morgan fingerprint density at radius 3 is 2.26 bits per heavy atom. The van der Waals surface area contributed by atoms with Gasteiger partial charge >= 0.3 is 5.97 Å². The van der Waals surface area contributed by atoms with Crippen molar-refractivity contribution in [1.82, 2.24) is 0 Å². The van der Waals surface area contributed by atoms with E-state index < -0.39 is 0 Å². The summed E-state index contributed by atoms with van der Waals surface area (Å²) in [5.41, 5.74) is 3.82. The van der Waals surface area contributed by atoms with Crippen LogP contribution >= 0.6 is 11.6 Å². The minimum Gasteiger partial charge on any atom is -0.494 e. The number of nitrogens with zero attached hydrogens (tertiary/aromatic N) is 3. The molecule has 0 N–H and O–H groups in total. The predicted octanol–water partition coefficient (Wildman–Crippen LogP) is 6.66. The molecule has 0 radical (unpaired) electrons. The van der Waals surface area contributed by atoms with Gasteiger partial charge in [0.1, 0.15) is 5.75 Å². The van der Waals surface area contributed by atoms with Gasteiger partial charge in [-0.1, -0.05) is 17.7 Å². The van der Waals surface area contributed by atoms with Crippen LogP contribution in [-0.4, -0.2) is 51.1 Å². The summed E-state index contributed by atoms with van der Waals surface area (Å²) in [5, 5.41) is 0.585. The van der Waals surface area contributed by atoms with Crippen LogP contribution in [0.5, 0.6) is 5.75 Å². The van der Waals surface area contributed by atoms with Gasteiger partial charge in [-0.15, -0.1) is 0 Å². The topological polar surface area (TPSA) is 79.4 Å². The lowest BCUT2D eigenvalue weighted by Gasteiger charge is -2.43. The van der Waals surface area contributed by atoms with E-state index in [1.807, 2.05) is 80.5 Å². The molecule has 0 spiro atoms. The number of ether oxygens (including phenoxy) is 2. The van der Waals surface area contributed by atoms with Gasteiger partial charge in [-0.2, -0.15) is 0 Å². The molecular weight excluding hydrogens is 554 g/mol. The highest BCUT2D eigenvalue weighted by molar-refractivity contribution is 6.30. The molecule has 0 unspecified atom stereocenters. The SMILES string of the molecule is CCOC(=O)CCCOc1ccc2c(c1)N(C(=O)c1ccc(N(C)C)cc1)[C@@H](C)C[C@H]2N(C(C)=O)c1ccc(Cl)cc1. The summed E-state index contributed by atoms with van der Waals surface area (Å²) in [6.45, 7) is 5.98. The monoisotopic (exact) mass is 591 g/mol. The van der Waals surface area contributed by atoms with E-state index in [1.165, 1.54) is 0 Å². The van der Waals surface area contributed by atoms with Crippen molar-refractivity contribution in [3.05, 3.63) is 82.9 Å². The first-order valence-electron chi connectivity index (χ1n) is 14.2. The molecule has 3 aromatic carbocycles. The molecule has 9 heteroatoms. The molecule has 2 atom stereocenters. The van der Waals surface area contributed by atoms with E-state index in [-0.39, 0.29) is 36.3 Å². The van der Waals surface area contributed by atoms with Crippen LogP contribution in [0.1, 0.15) is 62.0 Å². The second-order valence-corrected chi connectivity index (χ2v) is 11.0. The number of carbonyl (C=O) groups excluding carboxylic acids is 3. The molecular formula is C33H38ClN3O5. The maximum absolute atomic E-state index is 14.0. The molecule has 1 heterocycles. The molecule has 0 saturated heterocycles. The molecule has 0 aromatic heterocycles. The molecule has 222 valence electrons. The van der Waals surface area contributed by atoms with E-state index in [0.29, 0.717) is 48.1 Å². The lowest BCUT2D eigenvalue weighted by atomic mass is 9.89. The fourth-order valence-corrected chi connectivity index (χ4v) is 5.44. The number of esters is 1. The van der Waals surface area contributed by atoms with Gasteiger partial charge in [-0.05, 0) is 86.8 Å². The van der Waals surface area contributed by atoms with Crippen LogP contribution in [0.3, 0.4) is 0 Å². The van der Waals surface area contributed by atoms with Crippen LogP contribution in [0.2, 0.25) is 5.02 Å². The highest BCUT2D eigenvalue weighted by atomic mass is 35.5. The Balaban J connectivity index is 1.71. The largest absolute Gasteiger partial charge is 0.494 e. The summed E-state index contributed by atoms with van der Waals surface area (Å²) in [5.74, 6) is 0.0746. The zero-order valence-corrected chi connectivity index (χ0v) is 25.6. The van der Waals surface area contributed by atoms with Gasteiger partial charge in [0.25, 0.3) is 5.91 Å². The van der Waals surface area contributed by atoms with Gasteiger partial charge < -0.3 is 24.2 Å². The molecule has 8 nitrogen and oxygen atoms in total. The lowest BCUT2D eigenvalue weighted by molar-refractivity contribution is -0.143. The molecule has 0 aliphatic carbocycles. The molecule has 42 heavy (non-hydrogen) atoms. The van der Waals surface area contributed by atoms with Gasteiger partial charge in [0.2, 0.25) is 5.91 Å². The maximum Gasteiger partial charge on any atom is 0.305 e. The Labute approximate surface area is 252 Å². The second-order valence-electron chi connectivity index (χ2n) is 10.6. The number of hydrogen-bond donors (Lipinski definition) is 0. The number of amides is 2. The van der Waals surface area contributed by atoms with Crippen LogP contribution in [0.4, 0.5) is 17.1 Å². The molecule has 2 amide bonds. The standard InChI is InChI=1S/C33H38ClN3O5/c1-6-41-32(39)8-7-19-42-28-17-18-29-30(37(23(3)38)27-15-11-25(34)12-16-27)20-22(2)36(31(29)21-28)33(40)24-9-13-26(14-10-24)35(4)5/h9-18,21-22,30H,6-8,19-20H2,1-5H3/t22-,30+/m0/s1. The van der Waals surface area contributed by atoms with Crippen LogP contribution in [0.15, 0.2) is 66.7 Å². The Kier molecular flexibility index (Phi) is 10.1. The zero-order valence-electron chi connectivity index (χ0n) is 24.8. The third-order valence-electron chi connectivity index (χ3n) is 7.33. The van der Waals surface area contributed by atoms with E-state index >= 15 is 0 Å². The number of benzene rings is 3. The van der Waals surface area contributed by atoms with Crippen molar-refractivity contribution >= 4 is 46.4 Å². The number of halogens is 1. The van der Waals surface area contributed by atoms with Crippen molar-refractivity contribution in [2.24, 2.45) is 0 Å². The number of rotatable bonds is 10. The summed E-state index contributed by atoms with van der Waals surface area (Å²) in [6.07, 6.45) is 1.31. The van der Waals surface area contributed by atoms with Crippen molar-refractivity contribution in [3.8, 4) is 5.75 Å². The summed E-state index contributed by atoms with van der Waals surface area (Å²) < 4.78 is 11.0. The van der Waals surface area contributed by atoms with Crippen LogP contribution in [-0.2, 0) is 14.3 Å². The van der Waals surface area contributed by atoms with Crippen molar-refractivity contribution in [2.45, 2.75) is 52.1 Å². The van der Waals surface area contributed by atoms with E-state index in [1.54, 1.807) is 35.8 Å². The quantitative estimate of drug-likeness (QED) is 0.194. The minimum atomic E-state index is -0.313. The molecule has 4 rings (SSSR count). The fourth-order valence-electron chi connectivity index (χ4n) is 5.31. The van der Waals surface area contributed by atoms with Gasteiger partial charge in [0, 0.05) is 61.5 Å². The normalized spacial score (nSPS) is 15.9. The first kappa shape index (κ1) is 30.9. The molecule has 3 aromatic rings. The van der Waals surface area contributed by atoms with Crippen LogP contribution < -0.4 is 19.4 Å². The average molecular weight is 592 g/mol. The first-order valence-corrected chi connectivity index (χ1v) is 14.6. The van der Waals surface area contributed by atoms with Crippen molar-refractivity contribution in [3.63, 3.8) is 0 Å². The molecule has 0 saturated carbocycles. The highest BCUT2D eigenvalue weighted by Gasteiger charge is 2.38. The minimum absolute atomic E-state index is 0.112. The van der Waals surface area contributed by atoms with E-state index in [2.05, 4.69) is 0 Å². The third-order valence-corrected chi connectivity index (χ3v) is 7.58. The number of anilines is 3. The summed E-state index contributed by atoms with van der Waals surface area (Å²) >= 11 is 6.14. The molecule has 1 aliphatic heterocycles. The Morgan fingerprint density at radius 2 is 1.64 bits per heavy atom. The van der Waals surface area contributed by atoms with Crippen molar-refractivity contribution in [1.29, 1.82) is 0 Å². The molecule has 1 aliphatic rings. The fraction of sp³-hybridized carbons (Fsp3) is 0.364. The van der Waals surface area contributed by atoms with E-state index in [0.717, 1.165) is 16.9 Å². The molecule has 0 bridgehead atoms. The summed E-state index contributed by atoms with van der Waals surface area (Å²) in [6, 6.07) is 19.8. The number of carbonyl (C=O) groups is 3. The zero-order chi connectivity index (χ0) is 30.4. The lowest BCUT2D eigenvalue weighted by Crippen LogP contribution is -2.47. The summed E-state index contributed by atoms with van der Waals surface area (Å²) in [7, 11) is 3.91. The van der Waals surface area contributed by atoms with Gasteiger partial charge in [0.05, 0.1) is 24.9 Å². The predicted molar refractivity (Wildman–Crippen MR) is 167 cm³/mol. The van der Waals surface area contributed by atoms with Crippen LogP contribution in [0, 0.1) is 0 Å². The number of fused-ring (bicyclic) bond motifs is 1. The summed E-state index contributed by atoms with van der Waals surface area (Å²) in [4.78, 5) is 44.3. The third kappa shape index (κ3) is 7.05. The van der Waals surface area contributed by atoms with Crippen LogP contribution in [0.25, 0.3) is 0 Å². The van der Waals surface area contributed by atoms with Gasteiger partial charge in [-0.25, -0.2) is 0 Å². The van der Waals surface area contributed by atoms with Gasteiger partial charge in [-0.3, -0.25) is 14.4 Å². The Bertz CT molecular complexity index is 1410. The van der Waals surface area contributed by atoms with Gasteiger partial charge in [0.15, 0.2) is 0 Å². The average Bonchev–Trinajstić information content (AvgIpc) is 2.96. The Hall–Kier alpha value is -4.04. The number of hydrogen-bond acceptors (Lipinski definition) is 6. The Morgan fingerprint density at radius 1 is 0.976 bits per heavy atom. The second kappa shape index (κ2) is 13.7. The van der Waals surface area contributed by atoms with E-state index in [4.69, 9.17) is 21.1 Å². The van der Waals surface area contributed by atoms with Crippen molar-refractivity contribution < 1.29 is 23.9 Å². The highest BCUT2D eigenvalue weighted by Crippen LogP contribution is 2.44. The molecule has 0 fully saturated rings. The van der Waals surface area contributed by atoms with Crippen molar-refractivity contribution in [2.75, 3.05) is 42.0 Å². The smallest absolute Gasteiger partial charge is 0.305 e. The van der Waals surface area contributed by atoms with E-state index in [9.17, 15) is 14.4 Å². The first-order chi connectivity index (χ1) is 20.1.